The molecule has 1 aromatic heterocycles. The number of amides is 1. The van der Waals surface area contributed by atoms with E-state index in [0.717, 1.165) is 37.5 Å². The van der Waals surface area contributed by atoms with Gasteiger partial charge in [0.2, 0.25) is 0 Å². The van der Waals surface area contributed by atoms with Gasteiger partial charge < -0.3 is 10.0 Å². The molecule has 1 spiro atoms. The highest BCUT2D eigenvalue weighted by Crippen LogP contribution is 2.39. The molecule has 2 fully saturated rings. The lowest BCUT2D eigenvalue weighted by Crippen LogP contribution is -2.59. The average molecular weight is 389 g/mol. The number of likely N-dealkylation sites (tertiary alicyclic amines) is 2. The van der Waals surface area contributed by atoms with E-state index in [-0.39, 0.29) is 17.1 Å². The molecule has 27 heavy (non-hydrogen) atoms. The quantitative estimate of drug-likeness (QED) is 0.877. The van der Waals surface area contributed by atoms with Crippen molar-refractivity contribution in [2.24, 2.45) is 5.41 Å². The predicted molar refractivity (Wildman–Crippen MR) is 102 cm³/mol. The van der Waals surface area contributed by atoms with E-state index in [1.807, 2.05) is 16.5 Å². The molecule has 2 saturated heterocycles. The number of aliphatic hydroxyl groups excluding tert-OH is 1. The van der Waals surface area contributed by atoms with Crippen molar-refractivity contribution in [2.45, 2.75) is 31.9 Å². The van der Waals surface area contributed by atoms with Gasteiger partial charge in [-0.15, -0.1) is 11.3 Å². The number of hydrogen-bond acceptors (Lipinski definition) is 5. The van der Waals surface area contributed by atoms with E-state index >= 15 is 0 Å². The number of carbonyl (C=O) groups is 1. The maximum Gasteiger partial charge on any atom is 0.253 e. The van der Waals surface area contributed by atoms with Crippen LogP contribution in [0.1, 0.15) is 34.6 Å². The summed E-state index contributed by atoms with van der Waals surface area (Å²) in [5, 5.41) is 13.9. The summed E-state index contributed by atoms with van der Waals surface area (Å²) in [4.78, 5) is 21.4. The largest absolute Gasteiger partial charge is 0.392 e. The summed E-state index contributed by atoms with van der Waals surface area (Å²) in [5.41, 5.74) is 0.196. The molecular weight excluding hydrogens is 365 g/mol. The van der Waals surface area contributed by atoms with Crippen molar-refractivity contribution in [1.82, 2.24) is 14.8 Å². The van der Waals surface area contributed by atoms with Crippen LogP contribution in [0.25, 0.3) is 0 Å². The molecule has 0 saturated carbocycles. The molecule has 0 unspecified atom stereocenters. The maximum atomic E-state index is 13.2. The summed E-state index contributed by atoms with van der Waals surface area (Å²) in [5.74, 6) is -0.430. The monoisotopic (exact) mass is 389 g/mol. The van der Waals surface area contributed by atoms with Crippen molar-refractivity contribution in [3.8, 4) is 0 Å². The molecule has 2 aliphatic rings. The Bertz CT molecular complexity index is 783. The van der Waals surface area contributed by atoms with Crippen molar-refractivity contribution in [2.75, 3.05) is 26.2 Å². The van der Waals surface area contributed by atoms with Gasteiger partial charge in [0.05, 0.1) is 12.6 Å². The van der Waals surface area contributed by atoms with E-state index in [9.17, 15) is 14.3 Å². The van der Waals surface area contributed by atoms with E-state index in [1.54, 1.807) is 11.3 Å². The number of nitrogens with zero attached hydrogens (tertiary/aromatic N) is 3. The fourth-order valence-electron chi connectivity index (χ4n) is 4.41. The van der Waals surface area contributed by atoms with Crippen LogP contribution in [0.5, 0.6) is 0 Å². The Labute approximate surface area is 162 Å². The summed E-state index contributed by atoms with van der Waals surface area (Å²) in [6.07, 6.45) is 3.90. The summed E-state index contributed by atoms with van der Waals surface area (Å²) < 4.78 is 13.2. The lowest BCUT2D eigenvalue weighted by atomic mass is 9.71. The number of aromatic nitrogens is 1. The zero-order chi connectivity index (χ0) is 18.9. The number of thiazole rings is 1. The fraction of sp³-hybridized carbons (Fsp3) is 0.500. The maximum absolute atomic E-state index is 13.2. The molecule has 2 aromatic rings. The molecule has 3 heterocycles. The summed E-state index contributed by atoms with van der Waals surface area (Å²) in [6.45, 7) is 3.61. The molecule has 0 radical (unpaired) electrons. The summed E-state index contributed by atoms with van der Waals surface area (Å²) in [6, 6.07) is 5.70. The van der Waals surface area contributed by atoms with Crippen LogP contribution >= 0.6 is 11.3 Å². The molecule has 5 nitrogen and oxygen atoms in total. The lowest BCUT2D eigenvalue weighted by Gasteiger charge is -2.51. The van der Waals surface area contributed by atoms with Gasteiger partial charge in [-0.05, 0) is 43.5 Å². The third kappa shape index (κ3) is 3.90. The van der Waals surface area contributed by atoms with Crippen molar-refractivity contribution in [3.63, 3.8) is 0 Å². The second kappa shape index (κ2) is 7.66. The van der Waals surface area contributed by atoms with Crippen LogP contribution in [-0.2, 0) is 6.54 Å². The normalized spacial score (nSPS) is 26.4. The molecule has 0 bridgehead atoms. The van der Waals surface area contributed by atoms with Gasteiger partial charge in [0.15, 0.2) is 0 Å². The van der Waals surface area contributed by atoms with Crippen LogP contribution in [-0.4, -0.2) is 58.1 Å². The van der Waals surface area contributed by atoms with Gasteiger partial charge in [-0.3, -0.25) is 9.69 Å². The zero-order valence-electron chi connectivity index (χ0n) is 15.2. The van der Waals surface area contributed by atoms with Crippen LogP contribution in [0, 0.1) is 11.2 Å². The molecule has 1 amide bonds. The van der Waals surface area contributed by atoms with Gasteiger partial charge in [-0.25, -0.2) is 9.37 Å². The first kappa shape index (κ1) is 18.5. The molecule has 7 heteroatoms. The van der Waals surface area contributed by atoms with E-state index in [0.29, 0.717) is 25.1 Å². The highest BCUT2D eigenvalue weighted by Gasteiger charge is 2.46. The number of carbonyl (C=O) groups excluding carboxylic acids is 1. The molecule has 1 N–H and O–H groups in total. The summed E-state index contributed by atoms with van der Waals surface area (Å²) >= 11 is 1.65. The van der Waals surface area contributed by atoms with Crippen LogP contribution in [0.15, 0.2) is 35.8 Å². The minimum absolute atomic E-state index is 0.0849. The average Bonchev–Trinajstić information content (AvgIpc) is 3.18. The highest BCUT2D eigenvalue weighted by atomic mass is 32.1. The Morgan fingerprint density at radius 1 is 1.30 bits per heavy atom. The molecular formula is C20H24FN3O2S. The lowest BCUT2D eigenvalue weighted by molar-refractivity contribution is -0.0805. The van der Waals surface area contributed by atoms with Gasteiger partial charge in [0, 0.05) is 48.7 Å². The van der Waals surface area contributed by atoms with Gasteiger partial charge in [-0.2, -0.15) is 0 Å². The number of piperidine rings is 2. The van der Waals surface area contributed by atoms with E-state index in [2.05, 4.69) is 9.88 Å². The number of rotatable bonds is 3. The predicted octanol–water partition coefficient (Wildman–Crippen LogP) is 2.77. The Balaban J connectivity index is 1.49. The van der Waals surface area contributed by atoms with Gasteiger partial charge >= 0.3 is 0 Å². The SMILES string of the molecule is O=C(c1ccc(F)cc1)N1CCC[C@@]2(CN(Cc3nccs3)CC[C@H]2O)C1. The fourth-order valence-corrected chi connectivity index (χ4v) is 5.07. The van der Waals surface area contributed by atoms with Crippen molar-refractivity contribution < 1.29 is 14.3 Å². The molecule has 144 valence electrons. The molecule has 1 aromatic carbocycles. The smallest absolute Gasteiger partial charge is 0.253 e. The van der Waals surface area contributed by atoms with Crippen LogP contribution in [0.4, 0.5) is 4.39 Å². The van der Waals surface area contributed by atoms with Crippen molar-refractivity contribution >= 4 is 17.2 Å². The minimum Gasteiger partial charge on any atom is -0.392 e. The molecule has 4 rings (SSSR count). The van der Waals surface area contributed by atoms with Crippen LogP contribution < -0.4 is 0 Å². The Morgan fingerprint density at radius 3 is 2.85 bits per heavy atom. The highest BCUT2D eigenvalue weighted by molar-refractivity contribution is 7.09. The first-order valence-electron chi connectivity index (χ1n) is 9.39. The molecule has 2 atom stereocenters. The first-order valence-corrected chi connectivity index (χ1v) is 10.3. The second-order valence-electron chi connectivity index (χ2n) is 7.64. The Hall–Kier alpha value is -1.83. The van der Waals surface area contributed by atoms with Gasteiger partial charge in [0.1, 0.15) is 10.8 Å². The van der Waals surface area contributed by atoms with Crippen LogP contribution in [0.2, 0.25) is 0 Å². The first-order chi connectivity index (χ1) is 13.1. The van der Waals surface area contributed by atoms with Gasteiger partial charge in [0.25, 0.3) is 5.91 Å². The summed E-state index contributed by atoms with van der Waals surface area (Å²) in [7, 11) is 0. The number of benzene rings is 1. The van der Waals surface area contributed by atoms with Crippen LogP contribution in [0.3, 0.4) is 0 Å². The number of hydrogen-bond donors (Lipinski definition) is 1. The van der Waals surface area contributed by atoms with Crippen molar-refractivity contribution in [3.05, 3.63) is 52.2 Å². The van der Waals surface area contributed by atoms with E-state index in [4.69, 9.17) is 0 Å². The second-order valence-corrected chi connectivity index (χ2v) is 8.62. The Kier molecular flexibility index (Phi) is 5.25. The number of halogens is 1. The van der Waals surface area contributed by atoms with Gasteiger partial charge in [-0.1, -0.05) is 0 Å². The third-order valence-corrected chi connectivity index (χ3v) is 6.56. The molecule has 2 aliphatic heterocycles. The van der Waals surface area contributed by atoms with Crippen molar-refractivity contribution in [1.29, 1.82) is 0 Å². The van der Waals surface area contributed by atoms with E-state index in [1.165, 1.54) is 24.3 Å². The zero-order valence-corrected chi connectivity index (χ0v) is 16.0. The minimum atomic E-state index is -0.408. The third-order valence-electron chi connectivity index (χ3n) is 5.79. The number of aliphatic hydroxyl groups is 1. The topological polar surface area (TPSA) is 56.7 Å². The molecule has 0 aliphatic carbocycles. The Morgan fingerprint density at radius 2 is 2.11 bits per heavy atom. The standard InChI is InChI=1S/C20H24FN3O2S/c21-16-4-2-15(3-5-16)19(26)24-9-1-7-20(14-24)13-23(10-6-17(20)25)12-18-22-8-11-27-18/h2-5,8,11,17,25H,1,6-7,9-10,12-14H2/t17-,20-/m1/s1. The van der Waals surface area contributed by atoms with E-state index < -0.39 is 6.10 Å².